The zero-order valence-electron chi connectivity index (χ0n) is 10.9. The van der Waals surface area contributed by atoms with Crippen LogP contribution in [-0.4, -0.2) is 43.5 Å². The number of hydrogen-bond donors (Lipinski definition) is 1. The Labute approximate surface area is 111 Å². The molecule has 0 aliphatic carbocycles. The molecule has 1 aliphatic heterocycles. The number of thiazole rings is 1. The van der Waals surface area contributed by atoms with Gasteiger partial charge in [0, 0.05) is 27.3 Å². The fourth-order valence-electron chi connectivity index (χ4n) is 2.08. The molecule has 0 aromatic carbocycles. The van der Waals surface area contributed by atoms with Crippen molar-refractivity contribution < 1.29 is 14.6 Å². The summed E-state index contributed by atoms with van der Waals surface area (Å²) in [5.41, 5.74) is 0.833. The van der Waals surface area contributed by atoms with Crippen molar-refractivity contribution in [3.63, 3.8) is 0 Å². The Morgan fingerprint density at radius 2 is 2.44 bits per heavy atom. The standard InChI is InChI=1S/C12H20N2O3S/c1-14(6-9-4-3-5-17-9)12-13-10(8-16-2)11(7-15)18-12/h9,15H,3-8H2,1-2H3. The van der Waals surface area contributed by atoms with E-state index >= 15 is 0 Å². The number of ether oxygens (including phenoxy) is 2. The number of aliphatic hydroxyl groups excluding tert-OH is 1. The van der Waals surface area contributed by atoms with Gasteiger partial charge in [0.15, 0.2) is 5.13 Å². The van der Waals surface area contributed by atoms with Crippen LogP contribution in [0.1, 0.15) is 23.4 Å². The van der Waals surface area contributed by atoms with Crippen LogP contribution in [0.4, 0.5) is 5.13 Å². The highest BCUT2D eigenvalue weighted by atomic mass is 32.1. The van der Waals surface area contributed by atoms with Gasteiger partial charge in [-0.25, -0.2) is 4.98 Å². The fraction of sp³-hybridized carbons (Fsp3) is 0.750. The summed E-state index contributed by atoms with van der Waals surface area (Å²) in [4.78, 5) is 7.49. The van der Waals surface area contributed by atoms with Crippen molar-refractivity contribution in [3.05, 3.63) is 10.6 Å². The second kappa shape index (κ2) is 6.47. The third kappa shape index (κ3) is 3.20. The minimum absolute atomic E-state index is 0.0180. The molecule has 0 bridgehead atoms. The van der Waals surface area contributed by atoms with Crippen LogP contribution < -0.4 is 4.90 Å². The molecule has 1 N–H and O–H groups in total. The van der Waals surface area contributed by atoms with Gasteiger partial charge in [-0.05, 0) is 12.8 Å². The van der Waals surface area contributed by atoms with Gasteiger partial charge in [-0.3, -0.25) is 0 Å². The maximum absolute atomic E-state index is 9.30. The molecule has 1 fully saturated rings. The second-order valence-corrected chi connectivity index (χ2v) is 5.54. The Morgan fingerprint density at radius 3 is 3.06 bits per heavy atom. The Hall–Kier alpha value is -0.690. The first-order valence-corrected chi connectivity index (χ1v) is 6.97. The molecule has 2 heterocycles. The summed E-state index contributed by atoms with van der Waals surface area (Å²) in [5, 5.41) is 10.2. The van der Waals surface area contributed by atoms with Crippen LogP contribution in [0.25, 0.3) is 0 Å². The molecule has 1 atom stereocenters. The van der Waals surface area contributed by atoms with Crippen LogP contribution >= 0.6 is 11.3 Å². The molecule has 0 spiro atoms. The predicted molar refractivity (Wildman–Crippen MR) is 71.0 cm³/mol. The maximum atomic E-state index is 9.30. The average molecular weight is 272 g/mol. The largest absolute Gasteiger partial charge is 0.391 e. The van der Waals surface area contributed by atoms with Gasteiger partial charge < -0.3 is 19.5 Å². The predicted octanol–water partition coefficient (Wildman–Crippen LogP) is 1.40. The third-order valence-electron chi connectivity index (χ3n) is 3.02. The zero-order valence-corrected chi connectivity index (χ0v) is 11.7. The van der Waals surface area contributed by atoms with E-state index in [1.165, 1.54) is 11.3 Å². The number of anilines is 1. The van der Waals surface area contributed by atoms with Crippen molar-refractivity contribution in [1.82, 2.24) is 4.98 Å². The van der Waals surface area contributed by atoms with Crippen LogP contribution in [0.3, 0.4) is 0 Å². The van der Waals surface area contributed by atoms with E-state index in [1.54, 1.807) is 7.11 Å². The third-order valence-corrected chi connectivity index (χ3v) is 4.22. The normalized spacial score (nSPS) is 19.4. The number of nitrogens with zero attached hydrogens (tertiary/aromatic N) is 2. The van der Waals surface area contributed by atoms with E-state index in [0.29, 0.717) is 12.7 Å². The molecule has 18 heavy (non-hydrogen) atoms. The number of aliphatic hydroxyl groups is 1. The molecule has 6 heteroatoms. The SMILES string of the molecule is COCc1nc(N(C)CC2CCCO2)sc1CO. The Morgan fingerprint density at radius 1 is 1.61 bits per heavy atom. The quantitative estimate of drug-likeness (QED) is 0.848. The molecule has 1 aromatic heterocycles. The first kappa shape index (κ1) is 13.7. The minimum Gasteiger partial charge on any atom is -0.391 e. The molecule has 1 unspecified atom stereocenters. The molecule has 1 aliphatic rings. The topological polar surface area (TPSA) is 54.8 Å². The lowest BCUT2D eigenvalue weighted by Crippen LogP contribution is -2.28. The number of methoxy groups -OCH3 is 1. The summed E-state index contributed by atoms with van der Waals surface area (Å²) >= 11 is 1.52. The lowest BCUT2D eigenvalue weighted by atomic mass is 10.2. The van der Waals surface area contributed by atoms with Gasteiger partial charge in [-0.2, -0.15) is 0 Å². The van der Waals surface area contributed by atoms with Gasteiger partial charge in [0.2, 0.25) is 0 Å². The van der Waals surface area contributed by atoms with Gasteiger partial charge in [0.25, 0.3) is 0 Å². The molecule has 1 saturated heterocycles. The van der Waals surface area contributed by atoms with Crippen molar-refractivity contribution in [2.75, 3.05) is 32.2 Å². The van der Waals surface area contributed by atoms with Gasteiger partial charge in [0.1, 0.15) is 0 Å². The van der Waals surface area contributed by atoms with E-state index in [-0.39, 0.29) is 6.61 Å². The summed E-state index contributed by atoms with van der Waals surface area (Å²) < 4.78 is 10.7. The van der Waals surface area contributed by atoms with E-state index in [1.807, 2.05) is 7.05 Å². The van der Waals surface area contributed by atoms with Gasteiger partial charge >= 0.3 is 0 Å². The Balaban J connectivity index is 2.02. The fourth-order valence-corrected chi connectivity index (χ4v) is 2.97. The van der Waals surface area contributed by atoms with Gasteiger partial charge in [-0.1, -0.05) is 11.3 Å². The maximum Gasteiger partial charge on any atom is 0.185 e. The molecule has 0 amide bonds. The molecular weight excluding hydrogens is 252 g/mol. The summed E-state index contributed by atoms with van der Waals surface area (Å²) in [6.45, 7) is 2.18. The number of likely N-dealkylation sites (N-methyl/N-ethyl adjacent to an activating group) is 1. The van der Waals surface area contributed by atoms with Crippen LogP contribution in [0.15, 0.2) is 0 Å². The molecule has 5 nitrogen and oxygen atoms in total. The highest BCUT2D eigenvalue weighted by Crippen LogP contribution is 2.27. The molecule has 0 saturated carbocycles. The van der Waals surface area contributed by atoms with Crippen LogP contribution in [0.5, 0.6) is 0 Å². The molecule has 0 radical (unpaired) electrons. The highest BCUT2D eigenvalue weighted by molar-refractivity contribution is 7.15. The Bertz CT molecular complexity index is 377. The second-order valence-electron chi connectivity index (χ2n) is 4.47. The molecule has 1 aromatic rings. The van der Waals surface area contributed by atoms with Crippen molar-refractivity contribution in [1.29, 1.82) is 0 Å². The first-order valence-electron chi connectivity index (χ1n) is 6.15. The van der Waals surface area contributed by atoms with E-state index in [4.69, 9.17) is 9.47 Å². The van der Waals surface area contributed by atoms with Crippen molar-refractivity contribution in [3.8, 4) is 0 Å². The lowest BCUT2D eigenvalue weighted by molar-refractivity contribution is 0.116. The lowest BCUT2D eigenvalue weighted by Gasteiger charge is -2.19. The van der Waals surface area contributed by atoms with Crippen molar-refractivity contribution in [2.24, 2.45) is 0 Å². The first-order chi connectivity index (χ1) is 8.74. The molecular formula is C12H20N2O3S. The molecule has 2 rings (SSSR count). The van der Waals surface area contributed by atoms with Crippen molar-refractivity contribution in [2.45, 2.75) is 32.2 Å². The Kier molecular flexibility index (Phi) is 4.94. The smallest absolute Gasteiger partial charge is 0.185 e. The summed E-state index contributed by atoms with van der Waals surface area (Å²) in [7, 11) is 3.65. The summed E-state index contributed by atoms with van der Waals surface area (Å²) in [6, 6.07) is 0. The van der Waals surface area contributed by atoms with E-state index < -0.39 is 0 Å². The van der Waals surface area contributed by atoms with Gasteiger partial charge in [-0.15, -0.1) is 0 Å². The summed E-state index contributed by atoms with van der Waals surface area (Å²) in [5.74, 6) is 0. The zero-order chi connectivity index (χ0) is 13.0. The summed E-state index contributed by atoms with van der Waals surface area (Å²) in [6.07, 6.45) is 2.57. The van der Waals surface area contributed by atoms with Crippen LogP contribution in [0.2, 0.25) is 0 Å². The minimum atomic E-state index is 0.0180. The van der Waals surface area contributed by atoms with Crippen LogP contribution in [-0.2, 0) is 22.7 Å². The number of aromatic nitrogens is 1. The van der Waals surface area contributed by atoms with E-state index in [2.05, 4.69) is 9.88 Å². The number of rotatable bonds is 6. The average Bonchev–Trinajstić information content (AvgIpc) is 2.98. The van der Waals surface area contributed by atoms with E-state index in [9.17, 15) is 5.11 Å². The van der Waals surface area contributed by atoms with Crippen LogP contribution in [0, 0.1) is 0 Å². The monoisotopic (exact) mass is 272 g/mol. The van der Waals surface area contributed by atoms with Crippen molar-refractivity contribution >= 4 is 16.5 Å². The molecule has 102 valence electrons. The number of hydrogen-bond acceptors (Lipinski definition) is 6. The van der Waals surface area contributed by atoms with Gasteiger partial charge in [0.05, 0.1) is 29.9 Å². The highest BCUT2D eigenvalue weighted by Gasteiger charge is 2.20. The van der Waals surface area contributed by atoms with E-state index in [0.717, 1.165) is 41.7 Å².